The lowest BCUT2D eigenvalue weighted by molar-refractivity contribution is -0.137. The van der Waals surface area contributed by atoms with Gasteiger partial charge in [-0.2, -0.15) is 13.2 Å². The molecule has 0 radical (unpaired) electrons. The molecule has 1 aromatic heterocycles. The zero-order valence-corrected chi connectivity index (χ0v) is 18.8. The number of halogens is 3. The van der Waals surface area contributed by atoms with E-state index in [0.29, 0.717) is 42.1 Å². The van der Waals surface area contributed by atoms with Crippen molar-refractivity contribution >= 4 is 17.5 Å². The smallest absolute Gasteiger partial charge is 0.416 e. The van der Waals surface area contributed by atoms with Crippen LogP contribution in [0.15, 0.2) is 66.9 Å². The number of ether oxygens (including phenoxy) is 1. The van der Waals surface area contributed by atoms with Gasteiger partial charge < -0.3 is 15.0 Å². The van der Waals surface area contributed by atoms with Gasteiger partial charge in [0.1, 0.15) is 12.4 Å². The first-order chi connectivity index (χ1) is 16.8. The van der Waals surface area contributed by atoms with Crippen LogP contribution >= 0.6 is 0 Å². The van der Waals surface area contributed by atoms with Crippen LogP contribution in [0.3, 0.4) is 0 Å². The van der Waals surface area contributed by atoms with Crippen LogP contribution in [0, 0.1) is 0 Å². The van der Waals surface area contributed by atoms with Gasteiger partial charge in [-0.3, -0.25) is 14.6 Å². The van der Waals surface area contributed by atoms with Crippen molar-refractivity contribution in [2.24, 2.45) is 0 Å². The van der Waals surface area contributed by atoms with Gasteiger partial charge in [-0.15, -0.1) is 0 Å². The third-order valence-corrected chi connectivity index (χ3v) is 5.61. The Labute approximate surface area is 200 Å². The quantitative estimate of drug-likeness (QED) is 0.505. The number of nitrogens with one attached hydrogen (secondary N) is 1. The van der Waals surface area contributed by atoms with Crippen LogP contribution in [0.25, 0.3) is 0 Å². The number of nitrogens with zero attached hydrogens (tertiary/aromatic N) is 2. The largest absolute Gasteiger partial charge is 0.492 e. The number of anilines is 1. The number of carbonyl (C=O) groups is 2. The second-order valence-electron chi connectivity index (χ2n) is 8.13. The molecule has 2 heterocycles. The molecule has 4 rings (SSSR count). The maximum atomic E-state index is 13.0. The molecular weight excluding hydrogens is 459 g/mol. The first kappa shape index (κ1) is 24.3. The molecule has 0 saturated carbocycles. The normalized spacial score (nSPS) is 13.2. The van der Waals surface area contributed by atoms with E-state index < -0.39 is 11.7 Å². The lowest BCUT2D eigenvalue weighted by Gasteiger charge is -2.29. The average molecular weight is 483 g/mol. The van der Waals surface area contributed by atoms with Gasteiger partial charge in [0.25, 0.3) is 5.91 Å². The molecule has 3 aromatic rings. The highest BCUT2D eigenvalue weighted by Crippen LogP contribution is 2.31. The molecule has 1 aliphatic heterocycles. The summed E-state index contributed by atoms with van der Waals surface area (Å²) in [5.74, 6) is 0.000766. The van der Waals surface area contributed by atoms with Crippen molar-refractivity contribution in [1.29, 1.82) is 0 Å². The third-order valence-electron chi connectivity index (χ3n) is 5.61. The molecule has 0 spiro atoms. The highest BCUT2D eigenvalue weighted by Gasteiger charge is 2.31. The van der Waals surface area contributed by atoms with Crippen LogP contribution in [0.5, 0.6) is 5.75 Å². The van der Waals surface area contributed by atoms with E-state index in [1.807, 2.05) is 30.3 Å². The van der Waals surface area contributed by atoms with Gasteiger partial charge in [-0.05, 0) is 42.7 Å². The number of fused-ring (bicyclic) bond motifs is 1. The Morgan fingerprint density at radius 3 is 2.63 bits per heavy atom. The van der Waals surface area contributed by atoms with Gasteiger partial charge in [0.2, 0.25) is 5.91 Å². The van der Waals surface area contributed by atoms with Gasteiger partial charge in [-0.1, -0.05) is 36.4 Å². The van der Waals surface area contributed by atoms with Crippen molar-refractivity contribution in [2.75, 3.05) is 24.6 Å². The Morgan fingerprint density at radius 2 is 1.86 bits per heavy atom. The number of hydrogen-bond donors (Lipinski definition) is 1. The molecule has 0 saturated heterocycles. The minimum atomic E-state index is -4.48. The molecule has 0 bridgehead atoms. The number of aryl methyl sites for hydroxylation is 1. The van der Waals surface area contributed by atoms with E-state index in [4.69, 9.17) is 4.74 Å². The maximum Gasteiger partial charge on any atom is 0.416 e. The third kappa shape index (κ3) is 6.17. The molecule has 1 aliphatic rings. The van der Waals surface area contributed by atoms with Crippen molar-refractivity contribution in [3.05, 3.63) is 89.2 Å². The predicted octanol–water partition coefficient (Wildman–Crippen LogP) is 4.43. The number of pyridine rings is 1. The van der Waals surface area contributed by atoms with Crippen molar-refractivity contribution in [1.82, 2.24) is 10.3 Å². The second-order valence-corrected chi connectivity index (χ2v) is 8.13. The number of aromatic nitrogens is 1. The molecule has 182 valence electrons. The summed E-state index contributed by atoms with van der Waals surface area (Å²) in [6.07, 6.45) is -1.87. The van der Waals surface area contributed by atoms with E-state index in [0.717, 1.165) is 12.1 Å². The Balaban J connectivity index is 1.41. The van der Waals surface area contributed by atoms with Gasteiger partial charge in [0, 0.05) is 12.7 Å². The molecule has 0 aliphatic carbocycles. The molecule has 6 nitrogen and oxygen atoms in total. The minimum Gasteiger partial charge on any atom is -0.492 e. The fourth-order valence-electron chi connectivity index (χ4n) is 3.90. The summed E-state index contributed by atoms with van der Waals surface area (Å²) >= 11 is 0. The summed E-state index contributed by atoms with van der Waals surface area (Å²) in [6, 6.07) is 15.6. The van der Waals surface area contributed by atoms with Crippen LogP contribution < -0.4 is 15.0 Å². The van der Waals surface area contributed by atoms with Gasteiger partial charge >= 0.3 is 6.18 Å². The van der Waals surface area contributed by atoms with E-state index in [1.165, 1.54) is 23.2 Å². The number of alkyl halides is 3. The van der Waals surface area contributed by atoms with Crippen molar-refractivity contribution < 1.29 is 27.5 Å². The number of para-hydroxylation sites is 1. The van der Waals surface area contributed by atoms with Crippen molar-refractivity contribution in [3.63, 3.8) is 0 Å². The Bertz CT molecular complexity index is 1200. The number of amides is 2. The van der Waals surface area contributed by atoms with E-state index in [9.17, 15) is 22.8 Å². The molecule has 0 fully saturated rings. The first-order valence-corrected chi connectivity index (χ1v) is 11.2. The van der Waals surface area contributed by atoms with Gasteiger partial charge in [0.05, 0.1) is 35.5 Å². The highest BCUT2D eigenvalue weighted by atomic mass is 19.4. The van der Waals surface area contributed by atoms with E-state index >= 15 is 0 Å². The number of rotatable bonds is 7. The van der Waals surface area contributed by atoms with E-state index in [1.54, 1.807) is 6.07 Å². The zero-order valence-electron chi connectivity index (χ0n) is 18.8. The number of carbonyl (C=O) groups excluding carboxylic acids is 2. The Kier molecular flexibility index (Phi) is 7.33. The topological polar surface area (TPSA) is 71.5 Å². The van der Waals surface area contributed by atoms with Crippen LogP contribution in [0.4, 0.5) is 18.9 Å². The minimum absolute atomic E-state index is 0.184. The van der Waals surface area contributed by atoms with E-state index in [2.05, 4.69) is 10.3 Å². The fourth-order valence-corrected chi connectivity index (χ4v) is 3.90. The van der Waals surface area contributed by atoms with E-state index in [-0.39, 0.29) is 37.0 Å². The SMILES string of the molecule is O=C(NCCOc1ccccc1)c1cnc2c(c1)N(C(=O)Cc1cccc(C(F)(F)F)c1)CCC2. The fraction of sp³-hybridized carbons (Fsp3) is 0.269. The van der Waals surface area contributed by atoms with Crippen LogP contribution in [-0.2, 0) is 23.8 Å². The summed E-state index contributed by atoms with van der Waals surface area (Å²) in [4.78, 5) is 31.5. The summed E-state index contributed by atoms with van der Waals surface area (Å²) in [5.41, 5.74) is 0.970. The summed E-state index contributed by atoms with van der Waals surface area (Å²) < 4.78 is 44.6. The van der Waals surface area contributed by atoms with Crippen LogP contribution in [0.2, 0.25) is 0 Å². The Hall–Kier alpha value is -3.88. The highest BCUT2D eigenvalue weighted by molar-refractivity contribution is 5.99. The predicted molar refractivity (Wildman–Crippen MR) is 124 cm³/mol. The molecule has 0 atom stereocenters. The van der Waals surface area contributed by atoms with Crippen molar-refractivity contribution in [2.45, 2.75) is 25.4 Å². The molecule has 2 amide bonds. The molecule has 2 aromatic carbocycles. The average Bonchev–Trinajstić information content (AvgIpc) is 2.86. The van der Waals surface area contributed by atoms with Gasteiger partial charge in [-0.25, -0.2) is 0 Å². The van der Waals surface area contributed by atoms with Crippen LogP contribution in [0.1, 0.15) is 33.6 Å². The monoisotopic (exact) mass is 483 g/mol. The zero-order chi connectivity index (χ0) is 24.8. The van der Waals surface area contributed by atoms with Crippen LogP contribution in [-0.4, -0.2) is 36.5 Å². The standard InChI is InChI=1S/C26H24F3N3O3/c27-26(28,29)20-7-4-6-18(14-20)15-24(33)32-12-5-10-22-23(32)16-19(17-31-22)25(34)30-11-13-35-21-8-2-1-3-9-21/h1-4,6-9,14,16-17H,5,10-13,15H2,(H,30,34). The summed E-state index contributed by atoms with van der Waals surface area (Å²) in [5, 5.41) is 2.77. The molecule has 35 heavy (non-hydrogen) atoms. The first-order valence-electron chi connectivity index (χ1n) is 11.2. The molecule has 1 N–H and O–H groups in total. The lowest BCUT2D eigenvalue weighted by atomic mass is 10.0. The number of benzene rings is 2. The maximum absolute atomic E-state index is 13.0. The molecule has 0 unspecified atom stereocenters. The second kappa shape index (κ2) is 10.6. The molecular formula is C26H24F3N3O3. The molecule has 9 heteroatoms. The van der Waals surface area contributed by atoms with Crippen molar-refractivity contribution in [3.8, 4) is 5.75 Å². The summed E-state index contributed by atoms with van der Waals surface area (Å²) in [6.45, 7) is 0.973. The Morgan fingerprint density at radius 1 is 1.06 bits per heavy atom. The van der Waals surface area contributed by atoms with Gasteiger partial charge in [0.15, 0.2) is 0 Å². The number of hydrogen-bond acceptors (Lipinski definition) is 4. The summed E-state index contributed by atoms with van der Waals surface area (Å²) in [7, 11) is 0. The lowest BCUT2D eigenvalue weighted by Crippen LogP contribution is -2.37.